The zero-order valence-corrected chi connectivity index (χ0v) is 14.9. The van der Waals surface area contributed by atoms with Crippen molar-refractivity contribution < 1.29 is 9.13 Å². The molecule has 5 nitrogen and oxygen atoms in total. The fourth-order valence-electron chi connectivity index (χ4n) is 3.72. The summed E-state index contributed by atoms with van der Waals surface area (Å²) in [5, 5.41) is 5.85. The number of halogens is 1. The number of nitrogens with zero attached hydrogens (tertiary/aromatic N) is 2. The summed E-state index contributed by atoms with van der Waals surface area (Å²) >= 11 is 1.44. The third-order valence-electron chi connectivity index (χ3n) is 4.95. The van der Waals surface area contributed by atoms with Crippen molar-refractivity contribution in [2.24, 2.45) is 0 Å². The molecule has 134 valence electrons. The molecule has 0 aliphatic carbocycles. The molecule has 7 heteroatoms. The van der Waals surface area contributed by atoms with Crippen LogP contribution in [0.2, 0.25) is 0 Å². The Bertz CT molecular complexity index is 732. The first-order valence-electron chi connectivity index (χ1n) is 8.85. The Balaban J connectivity index is 1.51. The van der Waals surface area contributed by atoms with E-state index in [1.807, 2.05) is 17.5 Å². The van der Waals surface area contributed by atoms with Crippen LogP contribution in [0.15, 0.2) is 23.6 Å². The minimum absolute atomic E-state index is 0.0965. The van der Waals surface area contributed by atoms with E-state index in [0.717, 1.165) is 51.0 Å². The predicted molar refractivity (Wildman–Crippen MR) is 98.8 cm³/mol. The molecule has 4 rings (SSSR count). The third kappa shape index (κ3) is 3.57. The SMILES string of the molecule is Nc1nc(C2CCCN2c2ccc(OC3CCNCC3)cc2F)cs1. The molecular weight excluding hydrogens is 339 g/mol. The first-order valence-corrected chi connectivity index (χ1v) is 9.73. The number of thiazole rings is 1. The molecule has 1 atom stereocenters. The average Bonchev–Trinajstić information content (AvgIpc) is 3.25. The number of nitrogen functional groups attached to an aromatic ring is 1. The molecule has 0 bridgehead atoms. The van der Waals surface area contributed by atoms with Gasteiger partial charge in [0.1, 0.15) is 17.7 Å². The van der Waals surface area contributed by atoms with Crippen LogP contribution in [0, 0.1) is 5.82 Å². The summed E-state index contributed by atoms with van der Waals surface area (Å²) in [5.74, 6) is 0.378. The predicted octanol–water partition coefficient (Wildman–Crippen LogP) is 3.34. The molecule has 0 saturated carbocycles. The second-order valence-electron chi connectivity index (χ2n) is 6.64. The largest absolute Gasteiger partial charge is 0.490 e. The van der Waals surface area contributed by atoms with Crippen molar-refractivity contribution in [1.29, 1.82) is 0 Å². The number of benzene rings is 1. The summed E-state index contributed by atoms with van der Waals surface area (Å²) in [6.07, 6.45) is 4.08. The van der Waals surface area contributed by atoms with E-state index in [-0.39, 0.29) is 18.0 Å². The minimum Gasteiger partial charge on any atom is -0.490 e. The zero-order valence-electron chi connectivity index (χ0n) is 14.1. The van der Waals surface area contributed by atoms with E-state index in [0.29, 0.717) is 16.6 Å². The van der Waals surface area contributed by atoms with Crippen LogP contribution in [-0.4, -0.2) is 30.7 Å². The molecule has 1 aromatic carbocycles. The standard InChI is InChI=1S/C18H23FN4OS/c19-14-10-13(24-12-5-7-21-8-6-12)3-4-16(14)23-9-1-2-17(23)15-11-25-18(20)22-15/h3-4,10-12,17,21H,1-2,5-9H2,(H2,20,22). The molecule has 3 N–H and O–H groups in total. The van der Waals surface area contributed by atoms with Gasteiger partial charge in [-0.3, -0.25) is 0 Å². The van der Waals surface area contributed by atoms with Crippen LogP contribution >= 0.6 is 11.3 Å². The van der Waals surface area contributed by atoms with Crippen LogP contribution in [0.3, 0.4) is 0 Å². The average molecular weight is 362 g/mol. The minimum atomic E-state index is -0.235. The lowest BCUT2D eigenvalue weighted by atomic mass is 10.1. The molecule has 1 unspecified atom stereocenters. The molecular formula is C18H23FN4OS. The van der Waals surface area contributed by atoms with Crippen molar-refractivity contribution in [2.75, 3.05) is 30.3 Å². The van der Waals surface area contributed by atoms with Gasteiger partial charge >= 0.3 is 0 Å². The lowest BCUT2D eigenvalue weighted by Crippen LogP contribution is -2.34. The van der Waals surface area contributed by atoms with Gasteiger partial charge in [-0.2, -0.15) is 0 Å². The normalized spacial score (nSPS) is 21.6. The topological polar surface area (TPSA) is 63.4 Å². The Hall–Kier alpha value is -1.86. The quantitative estimate of drug-likeness (QED) is 0.873. The second kappa shape index (κ2) is 7.17. The highest BCUT2D eigenvalue weighted by Crippen LogP contribution is 2.38. The first kappa shape index (κ1) is 16.6. The monoisotopic (exact) mass is 362 g/mol. The Labute approximate surface area is 151 Å². The second-order valence-corrected chi connectivity index (χ2v) is 7.53. The maximum absolute atomic E-state index is 14.8. The van der Waals surface area contributed by atoms with Crippen LogP contribution in [-0.2, 0) is 0 Å². The lowest BCUT2D eigenvalue weighted by molar-refractivity contribution is 0.162. The molecule has 3 heterocycles. The highest BCUT2D eigenvalue weighted by Gasteiger charge is 2.30. The number of nitrogens with two attached hydrogens (primary N) is 1. The van der Waals surface area contributed by atoms with Crippen molar-refractivity contribution in [3.05, 3.63) is 35.1 Å². The van der Waals surface area contributed by atoms with Gasteiger partial charge in [0.15, 0.2) is 5.13 Å². The van der Waals surface area contributed by atoms with Crippen LogP contribution < -0.4 is 20.7 Å². The van der Waals surface area contributed by atoms with E-state index >= 15 is 0 Å². The summed E-state index contributed by atoms with van der Waals surface area (Å²) < 4.78 is 20.7. The Morgan fingerprint density at radius 3 is 2.84 bits per heavy atom. The number of ether oxygens (including phenoxy) is 1. The highest BCUT2D eigenvalue weighted by atomic mass is 32.1. The van der Waals surface area contributed by atoms with E-state index in [1.54, 1.807) is 0 Å². The number of aromatic nitrogens is 1. The van der Waals surface area contributed by atoms with Gasteiger partial charge in [0.2, 0.25) is 0 Å². The molecule has 0 amide bonds. The number of anilines is 2. The fraction of sp³-hybridized carbons (Fsp3) is 0.500. The van der Waals surface area contributed by atoms with Crippen molar-refractivity contribution in [2.45, 2.75) is 37.8 Å². The first-order chi connectivity index (χ1) is 12.2. The number of hydrogen-bond donors (Lipinski definition) is 2. The van der Waals surface area contributed by atoms with Gasteiger partial charge in [0.25, 0.3) is 0 Å². The van der Waals surface area contributed by atoms with Crippen LogP contribution in [0.1, 0.15) is 37.4 Å². The maximum Gasteiger partial charge on any atom is 0.180 e. The summed E-state index contributed by atoms with van der Waals surface area (Å²) in [5.41, 5.74) is 7.32. The van der Waals surface area contributed by atoms with E-state index < -0.39 is 0 Å². The Kier molecular flexibility index (Phi) is 4.76. The summed E-state index contributed by atoms with van der Waals surface area (Å²) in [6.45, 7) is 2.74. The third-order valence-corrected chi connectivity index (χ3v) is 5.64. The number of rotatable bonds is 4. The number of nitrogens with one attached hydrogen (secondary N) is 1. The fourth-order valence-corrected chi connectivity index (χ4v) is 4.33. The highest BCUT2D eigenvalue weighted by molar-refractivity contribution is 7.13. The zero-order chi connectivity index (χ0) is 17.2. The van der Waals surface area contributed by atoms with Gasteiger partial charge in [0.05, 0.1) is 17.4 Å². The van der Waals surface area contributed by atoms with E-state index in [1.165, 1.54) is 17.4 Å². The summed E-state index contributed by atoms with van der Waals surface area (Å²) in [6, 6.07) is 5.33. The van der Waals surface area contributed by atoms with E-state index in [9.17, 15) is 4.39 Å². The molecule has 2 fully saturated rings. The molecule has 2 aliphatic rings. The number of piperidine rings is 1. The van der Waals surface area contributed by atoms with Gasteiger partial charge < -0.3 is 20.7 Å². The summed E-state index contributed by atoms with van der Waals surface area (Å²) in [4.78, 5) is 6.49. The Morgan fingerprint density at radius 1 is 1.28 bits per heavy atom. The van der Waals surface area contributed by atoms with Gasteiger partial charge in [-0.05, 0) is 50.9 Å². The van der Waals surface area contributed by atoms with Gasteiger partial charge in [-0.15, -0.1) is 11.3 Å². The van der Waals surface area contributed by atoms with Crippen LogP contribution in [0.4, 0.5) is 15.2 Å². The van der Waals surface area contributed by atoms with Crippen molar-refractivity contribution in [1.82, 2.24) is 10.3 Å². The molecule has 0 radical (unpaired) electrons. The molecule has 0 spiro atoms. The van der Waals surface area contributed by atoms with Crippen molar-refractivity contribution in [3.8, 4) is 5.75 Å². The molecule has 2 aromatic rings. The maximum atomic E-state index is 14.8. The molecule has 2 saturated heterocycles. The molecule has 25 heavy (non-hydrogen) atoms. The van der Waals surface area contributed by atoms with Gasteiger partial charge in [-0.25, -0.2) is 9.37 Å². The molecule has 1 aromatic heterocycles. The van der Waals surface area contributed by atoms with E-state index in [4.69, 9.17) is 10.5 Å². The smallest absolute Gasteiger partial charge is 0.180 e. The Morgan fingerprint density at radius 2 is 2.12 bits per heavy atom. The van der Waals surface area contributed by atoms with Crippen molar-refractivity contribution >= 4 is 22.2 Å². The summed E-state index contributed by atoms with van der Waals surface area (Å²) in [7, 11) is 0. The van der Waals surface area contributed by atoms with Crippen LogP contribution in [0.5, 0.6) is 5.75 Å². The lowest BCUT2D eigenvalue weighted by Gasteiger charge is -2.27. The van der Waals surface area contributed by atoms with Crippen molar-refractivity contribution in [3.63, 3.8) is 0 Å². The van der Waals surface area contributed by atoms with Gasteiger partial charge in [0, 0.05) is 18.0 Å². The van der Waals surface area contributed by atoms with Crippen LogP contribution in [0.25, 0.3) is 0 Å². The molecule has 2 aliphatic heterocycles. The van der Waals surface area contributed by atoms with Gasteiger partial charge in [-0.1, -0.05) is 0 Å². The van der Waals surface area contributed by atoms with E-state index in [2.05, 4.69) is 15.2 Å². The number of hydrogen-bond acceptors (Lipinski definition) is 6.